The van der Waals surface area contributed by atoms with E-state index in [1.54, 1.807) is 0 Å². The Balaban J connectivity index is 1.41. The number of aliphatic carboxylic acids is 1. The minimum Gasteiger partial charge on any atom is -0.481 e. The maximum Gasteiger partial charge on any atom is 0.305 e. The van der Waals surface area contributed by atoms with Crippen LogP contribution in [0, 0.1) is 5.92 Å². The summed E-state index contributed by atoms with van der Waals surface area (Å²) in [6.45, 7) is 6.46. The van der Waals surface area contributed by atoms with Crippen molar-refractivity contribution >= 4 is 5.97 Å². The van der Waals surface area contributed by atoms with Crippen LogP contribution < -0.4 is 0 Å². The summed E-state index contributed by atoms with van der Waals surface area (Å²) in [5.74, 6) is 0.138. The Morgan fingerprint density at radius 2 is 1.80 bits per heavy atom. The first-order chi connectivity index (χ1) is 9.72. The van der Waals surface area contributed by atoms with Gasteiger partial charge in [-0.2, -0.15) is 0 Å². The largest absolute Gasteiger partial charge is 0.481 e. The smallest absolute Gasteiger partial charge is 0.305 e. The van der Waals surface area contributed by atoms with Crippen LogP contribution in [-0.4, -0.2) is 72.4 Å². The number of fused-ring (bicyclic) bond motifs is 3. The number of carboxylic acid groups (broad SMARTS) is 1. The van der Waals surface area contributed by atoms with Gasteiger partial charge in [-0.25, -0.2) is 0 Å². The Morgan fingerprint density at radius 1 is 1.10 bits per heavy atom. The lowest BCUT2D eigenvalue weighted by atomic mass is 9.82. The Morgan fingerprint density at radius 3 is 2.35 bits per heavy atom. The van der Waals surface area contributed by atoms with Gasteiger partial charge in [-0.05, 0) is 44.7 Å². The highest BCUT2D eigenvalue weighted by atomic mass is 16.5. The Kier molecular flexibility index (Phi) is 4.58. The normalized spacial score (nSPS) is 35.3. The average Bonchev–Trinajstić information content (AvgIpc) is 2.49. The summed E-state index contributed by atoms with van der Waals surface area (Å²) >= 11 is 0. The number of likely N-dealkylation sites (tertiary alicyclic amines) is 1. The van der Waals surface area contributed by atoms with Crippen molar-refractivity contribution in [2.45, 2.75) is 44.2 Å². The number of nitrogens with zero attached hydrogens (tertiary/aromatic N) is 2. The van der Waals surface area contributed by atoms with Crippen LogP contribution in [0.15, 0.2) is 0 Å². The topological polar surface area (TPSA) is 53.0 Å². The van der Waals surface area contributed by atoms with Gasteiger partial charge in [0, 0.05) is 25.7 Å². The van der Waals surface area contributed by atoms with Gasteiger partial charge in [0.15, 0.2) is 0 Å². The van der Waals surface area contributed by atoms with Crippen molar-refractivity contribution in [1.29, 1.82) is 0 Å². The zero-order chi connectivity index (χ0) is 13.9. The van der Waals surface area contributed by atoms with Crippen LogP contribution in [0.3, 0.4) is 0 Å². The van der Waals surface area contributed by atoms with Crippen LogP contribution in [0.5, 0.6) is 0 Å². The van der Waals surface area contributed by atoms with Crippen LogP contribution >= 0.6 is 0 Å². The lowest BCUT2D eigenvalue weighted by Crippen LogP contribution is -2.59. The van der Waals surface area contributed by atoms with E-state index >= 15 is 0 Å². The Labute approximate surface area is 120 Å². The molecule has 4 saturated heterocycles. The second-order valence-corrected chi connectivity index (χ2v) is 6.46. The van der Waals surface area contributed by atoms with E-state index in [0.29, 0.717) is 6.61 Å². The number of hydrogen-bond donors (Lipinski definition) is 1. The molecule has 114 valence electrons. The van der Waals surface area contributed by atoms with Gasteiger partial charge in [0.2, 0.25) is 0 Å². The number of carbonyl (C=O) groups is 1. The molecule has 0 aromatic rings. The van der Waals surface area contributed by atoms with Crippen molar-refractivity contribution in [3.05, 3.63) is 0 Å². The molecule has 4 heterocycles. The average molecular weight is 282 g/mol. The van der Waals surface area contributed by atoms with Crippen molar-refractivity contribution in [3.8, 4) is 0 Å². The molecule has 4 aliphatic rings. The maximum absolute atomic E-state index is 10.5. The number of ether oxygens (including phenoxy) is 1. The highest BCUT2D eigenvalue weighted by molar-refractivity contribution is 5.66. The molecule has 4 fully saturated rings. The van der Waals surface area contributed by atoms with Crippen LogP contribution in [0.1, 0.15) is 32.1 Å². The first kappa shape index (κ1) is 14.3. The first-order valence-electron chi connectivity index (χ1n) is 8.02. The molecule has 0 aromatic heterocycles. The van der Waals surface area contributed by atoms with Crippen molar-refractivity contribution in [2.75, 3.05) is 39.3 Å². The molecule has 1 N–H and O–H groups in total. The third-order valence-electron chi connectivity index (χ3n) is 5.24. The highest BCUT2D eigenvalue weighted by Gasteiger charge is 2.38. The minimum absolute atomic E-state index is 0.125. The summed E-state index contributed by atoms with van der Waals surface area (Å²) < 4.78 is 5.67. The third kappa shape index (κ3) is 3.32. The van der Waals surface area contributed by atoms with Crippen LogP contribution in [0.4, 0.5) is 0 Å². The summed E-state index contributed by atoms with van der Waals surface area (Å²) in [6.07, 6.45) is 5.26. The summed E-state index contributed by atoms with van der Waals surface area (Å²) in [5, 5.41) is 8.62. The molecule has 0 aromatic carbocycles. The quantitative estimate of drug-likeness (QED) is 0.816. The van der Waals surface area contributed by atoms with Gasteiger partial charge in [0.25, 0.3) is 0 Å². The lowest BCUT2D eigenvalue weighted by Gasteiger charge is -2.50. The fraction of sp³-hybridized carbons (Fsp3) is 0.933. The molecule has 0 aliphatic carbocycles. The lowest BCUT2D eigenvalue weighted by molar-refractivity contribution is -0.139. The highest BCUT2D eigenvalue weighted by Crippen LogP contribution is 2.32. The molecular formula is C15H26N2O3. The van der Waals surface area contributed by atoms with E-state index in [4.69, 9.17) is 9.84 Å². The van der Waals surface area contributed by atoms with E-state index in [2.05, 4.69) is 9.80 Å². The molecule has 0 radical (unpaired) electrons. The molecule has 5 nitrogen and oxygen atoms in total. The fourth-order valence-corrected chi connectivity index (χ4v) is 4.03. The minimum atomic E-state index is -0.769. The molecule has 4 rings (SSSR count). The van der Waals surface area contributed by atoms with E-state index in [0.717, 1.165) is 37.9 Å². The summed E-state index contributed by atoms with van der Waals surface area (Å²) in [7, 11) is 0. The monoisotopic (exact) mass is 282 g/mol. The Hall–Kier alpha value is -0.650. The molecule has 0 saturated carbocycles. The second-order valence-electron chi connectivity index (χ2n) is 6.46. The van der Waals surface area contributed by atoms with Gasteiger partial charge >= 0.3 is 5.97 Å². The van der Waals surface area contributed by atoms with E-state index in [1.807, 2.05) is 0 Å². The zero-order valence-electron chi connectivity index (χ0n) is 12.2. The van der Waals surface area contributed by atoms with Gasteiger partial charge in [-0.3, -0.25) is 9.69 Å². The van der Waals surface area contributed by atoms with Crippen molar-refractivity contribution in [3.63, 3.8) is 0 Å². The summed E-state index contributed by atoms with van der Waals surface area (Å²) in [5.41, 5.74) is 0. The van der Waals surface area contributed by atoms with Gasteiger partial charge in [0.1, 0.15) is 0 Å². The number of rotatable bonds is 5. The van der Waals surface area contributed by atoms with Crippen LogP contribution in [0.25, 0.3) is 0 Å². The van der Waals surface area contributed by atoms with Crippen molar-refractivity contribution in [2.24, 2.45) is 5.92 Å². The standard InChI is InChI=1S/C15H26N2O3/c18-15(19)5-10-20-13-3-8-17(9-4-13)14-11-16-6-1-12(14)2-7-16/h12-14H,1-11H2,(H,18,19). The third-order valence-corrected chi connectivity index (χ3v) is 5.24. The SMILES string of the molecule is O=C(O)CCOC1CCN(C2CN3CCC2CC3)CC1. The van der Waals surface area contributed by atoms with E-state index in [9.17, 15) is 4.79 Å². The van der Waals surface area contributed by atoms with Crippen molar-refractivity contribution < 1.29 is 14.6 Å². The Bertz CT molecular complexity index is 334. The number of carboxylic acids is 1. The van der Waals surface area contributed by atoms with E-state index < -0.39 is 5.97 Å². The molecule has 5 heteroatoms. The molecule has 4 aliphatic heterocycles. The zero-order valence-corrected chi connectivity index (χ0v) is 12.2. The predicted octanol–water partition coefficient (Wildman–Crippen LogP) is 1.04. The molecule has 0 spiro atoms. The summed E-state index contributed by atoms with van der Waals surface area (Å²) in [4.78, 5) is 15.8. The van der Waals surface area contributed by atoms with E-state index in [1.165, 1.54) is 32.5 Å². The number of hydrogen-bond acceptors (Lipinski definition) is 4. The predicted molar refractivity (Wildman–Crippen MR) is 75.8 cm³/mol. The molecule has 1 atom stereocenters. The second kappa shape index (κ2) is 6.41. The maximum atomic E-state index is 10.5. The molecule has 0 amide bonds. The first-order valence-corrected chi connectivity index (χ1v) is 8.02. The van der Waals surface area contributed by atoms with Crippen LogP contribution in [0.2, 0.25) is 0 Å². The molecule has 1 unspecified atom stereocenters. The van der Waals surface area contributed by atoms with Gasteiger partial charge in [0.05, 0.1) is 19.1 Å². The number of piperidine rings is 4. The van der Waals surface area contributed by atoms with E-state index in [-0.39, 0.29) is 12.5 Å². The van der Waals surface area contributed by atoms with Gasteiger partial charge in [-0.1, -0.05) is 0 Å². The van der Waals surface area contributed by atoms with Crippen molar-refractivity contribution in [1.82, 2.24) is 9.80 Å². The molecule has 2 bridgehead atoms. The van der Waals surface area contributed by atoms with Gasteiger partial charge in [-0.15, -0.1) is 0 Å². The fourth-order valence-electron chi connectivity index (χ4n) is 4.03. The molecular weight excluding hydrogens is 256 g/mol. The van der Waals surface area contributed by atoms with Gasteiger partial charge < -0.3 is 14.7 Å². The summed E-state index contributed by atoms with van der Waals surface area (Å²) in [6, 6.07) is 0.762. The molecule has 20 heavy (non-hydrogen) atoms. The van der Waals surface area contributed by atoms with Crippen LogP contribution in [-0.2, 0) is 9.53 Å².